The van der Waals surface area contributed by atoms with Crippen molar-refractivity contribution in [3.63, 3.8) is 0 Å². The summed E-state index contributed by atoms with van der Waals surface area (Å²) in [6.45, 7) is 7.81. The summed E-state index contributed by atoms with van der Waals surface area (Å²) in [6, 6.07) is 0.640. The molecule has 0 aliphatic heterocycles. The second kappa shape index (κ2) is 9.40. The monoisotopic (exact) mass is 189 g/mol. The lowest BCUT2D eigenvalue weighted by Gasteiger charge is -2.06. The number of thioether (sulfide) groups is 1. The smallest absolute Gasteiger partial charge is 0.00581 e. The quantitative estimate of drug-likeness (QED) is 0.589. The molecule has 12 heavy (non-hydrogen) atoms. The maximum atomic E-state index is 3.42. The highest BCUT2D eigenvalue weighted by Gasteiger charge is 1.92. The SMILES string of the molecule is CCCCCSCCNC(C)C. The van der Waals surface area contributed by atoms with Crippen LogP contribution < -0.4 is 5.32 Å². The molecule has 0 fully saturated rings. The van der Waals surface area contributed by atoms with Crippen LogP contribution in [0.1, 0.15) is 40.0 Å². The molecule has 0 spiro atoms. The Labute approximate surface area is 81.7 Å². The van der Waals surface area contributed by atoms with Crippen molar-refractivity contribution < 1.29 is 0 Å². The van der Waals surface area contributed by atoms with Crippen LogP contribution in [0.2, 0.25) is 0 Å². The van der Waals surface area contributed by atoms with Gasteiger partial charge in [0.2, 0.25) is 0 Å². The number of hydrogen-bond donors (Lipinski definition) is 1. The summed E-state index contributed by atoms with van der Waals surface area (Å²) >= 11 is 2.07. The zero-order valence-electron chi connectivity index (χ0n) is 8.73. The number of unbranched alkanes of at least 4 members (excludes halogenated alkanes) is 2. The summed E-state index contributed by atoms with van der Waals surface area (Å²) in [5, 5.41) is 3.42. The Morgan fingerprint density at radius 3 is 2.50 bits per heavy atom. The third-order valence-electron chi connectivity index (χ3n) is 1.69. The van der Waals surface area contributed by atoms with Gasteiger partial charge in [0.1, 0.15) is 0 Å². The van der Waals surface area contributed by atoms with E-state index < -0.39 is 0 Å². The number of rotatable bonds is 8. The summed E-state index contributed by atoms with van der Waals surface area (Å²) < 4.78 is 0. The first-order chi connectivity index (χ1) is 5.77. The van der Waals surface area contributed by atoms with Gasteiger partial charge in [0.25, 0.3) is 0 Å². The summed E-state index contributed by atoms with van der Waals surface area (Å²) in [5.41, 5.74) is 0. The van der Waals surface area contributed by atoms with E-state index in [2.05, 4.69) is 37.8 Å². The Morgan fingerprint density at radius 1 is 1.17 bits per heavy atom. The molecule has 0 saturated carbocycles. The lowest BCUT2D eigenvalue weighted by molar-refractivity contribution is 0.616. The molecule has 0 aromatic heterocycles. The van der Waals surface area contributed by atoms with E-state index in [1.54, 1.807) is 0 Å². The van der Waals surface area contributed by atoms with Crippen molar-refractivity contribution in [1.29, 1.82) is 0 Å². The summed E-state index contributed by atoms with van der Waals surface area (Å²) in [6.07, 6.45) is 4.12. The van der Waals surface area contributed by atoms with Gasteiger partial charge in [0.15, 0.2) is 0 Å². The largest absolute Gasteiger partial charge is 0.314 e. The summed E-state index contributed by atoms with van der Waals surface area (Å²) in [4.78, 5) is 0. The van der Waals surface area contributed by atoms with Crippen molar-refractivity contribution in [2.75, 3.05) is 18.1 Å². The maximum Gasteiger partial charge on any atom is 0.00581 e. The maximum absolute atomic E-state index is 3.42. The van der Waals surface area contributed by atoms with Gasteiger partial charge >= 0.3 is 0 Å². The molecule has 0 aliphatic rings. The van der Waals surface area contributed by atoms with Gasteiger partial charge < -0.3 is 5.32 Å². The first kappa shape index (κ1) is 12.3. The van der Waals surface area contributed by atoms with Crippen LogP contribution in [0.15, 0.2) is 0 Å². The third kappa shape index (κ3) is 10.3. The molecule has 0 atom stereocenters. The van der Waals surface area contributed by atoms with Crippen LogP contribution in [-0.2, 0) is 0 Å². The minimum absolute atomic E-state index is 0.640. The highest BCUT2D eigenvalue weighted by Crippen LogP contribution is 2.04. The summed E-state index contributed by atoms with van der Waals surface area (Å²) in [5.74, 6) is 2.61. The van der Waals surface area contributed by atoms with E-state index in [1.165, 1.54) is 30.8 Å². The summed E-state index contributed by atoms with van der Waals surface area (Å²) in [7, 11) is 0. The van der Waals surface area contributed by atoms with Gasteiger partial charge in [0, 0.05) is 18.3 Å². The number of hydrogen-bond acceptors (Lipinski definition) is 2. The van der Waals surface area contributed by atoms with Gasteiger partial charge in [-0.15, -0.1) is 0 Å². The van der Waals surface area contributed by atoms with Crippen LogP contribution in [0.4, 0.5) is 0 Å². The van der Waals surface area contributed by atoms with Crippen LogP contribution in [0.25, 0.3) is 0 Å². The van der Waals surface area contributed by atoms with Crippen LogP contribution in [0.5, 0.6) is 0 Å². The molecule has 0 aliphatic carbocycles. The van der Waals surface area contributed by atoms with Crippen molar-refractivity contribution >= 4 is 11.8 Å². The van der Waals surface area contributed by atoms with E-state index in [1.807, 2.05) is 0 Å². The minimum atomic E-state index is 0.640. The predicted molar refractivity (Wildman–Crippen MR) is 60.0 cm³/mol. The van der Waals surface area contributed by atoms with Gasteiger partial charge in [-0.3, -0.25) is 0 Å². The molecule has 0 saturated heterocycles. The molecule has 0 aromatic carbocycles. The van der Waals surface area contributed by atoms with E-state index in [0.29, 0.717) is 6.04 Å². The van der Waals surface area contributed by atoms with Crippen molar-refractivity contribution in [2.24, 2.45) is 0 Å². The van der Waals surface area contributed by atoms with Gasteiger partial charge in [-0.2, -0.15) is 11.8 Å². The molecule has 0 unspecified atom stereocenters. The minimum Gasteiger partial charge on any atom is -0.314 e. The van der Waals surface area contributed by atoms with Crippen LogP contribution in [0, 0.1) is 0 Å². The third-order valence-corrected chi connectivity index (χ3v) is 2.76. The van der Waals surface area contributed by atoms with Crippen molar-refractivity contribution in [3.05, 3.63) is 0 Å². The fourth-order valence-electron chi connectivity index (χ4n) is 0.976. The molecule has 0 radical (unpaired) electrons. The fraction of sp³-hybridized carbons (Fsp3) is 1.00. The first-order valence-corrected chi connectivity index (χ1v) is 6.24. The molecule has 0 rings (SSSR count). The number of nitrogens with one attached hydrogen (secondary N) is 1. The van der Waals surface area contributed by atoms with E-state index in [9.17, 15) is 0 Å². The van der Waals surface area contributed by atoms with Crippen LogP contribution in [0.3, 0.4) is 0 Å². The molecule has 0 heterocycles. The lowest BCUT2D eigenvalue weighted by Crippen LogP contribution is -2.25. The van der Waals surface area contributed by atoms with Crippen molar-refractivity contribution in [1.82, 2.24) is 5.32 Å². The highest BCUT2D eigenvalue weighted by atomic mass is 32.2. The van der Waals surface area contributed by atoms with E-state index in [0.717, 1.165) is 6.54 Å². The van der Waals surface area contributed by atoms with Crippen LogP contribution in [-0.4, -0.2) is 24.1 Å². The molecule has 0 amide bonds. The molecule has 0 aromatic rings. The normalized spacial score (nSPS) is 11.0. The molecular weight excluding hydrogens is 166 g/mol. The second-order valence-electron chi connectivity index (χ2n) is 3.43. The molecule has 0 bridgehead atoms. The Kier molecular flexibility index (Phi) is 9.64. The van der Waals surface area contributed by atoms with Crippen molar-refractivity contribution in [2.45, 2.75) is 46.1 Å². The van der Waals surface area contributed by atoms with Gasteiger partial charge in [0.05, 0.1) is 0 Å². The van der Waals surface area contributed by atoms with Gasteiger partial charge in [-0.25, -0.2) is 0 Å². The molecule has 74 valence electrons. The van der Waals surface area contributed by atoms with Crippen molar-refractivity contribution in [3.8, 4) is 0 Å². The second-order valence-corrected chi connectivity index (χ2v) is 4.65. The first-order valence-electron chi connectivity index (χ1n) is 5.08. The zero-order chi connectivity index (χ0) is 9.23. The highest BCUT2D eigenvalue weighted by molar-refractivity contribution is 7.99. The Balaban J connectivity index is 2.82. The van der Waals surface area contributed by atoms with E-state index in [4.69, 9.17) is 0 Å². The molecule has 1 N–H and O–H groups in total. The van der Waals surface area contributed by atoms with Gasteiger partial charge in [-0.05, 0) is 12.2 Å². The fourth-order valence-corrected chi connectivity index (χ4v) is 1.85. The average molecular weight is 189 g/mol. The molecular formula is C10H23NS. The lowest BCUT2D eigenvalue weighted by atomic mass is 10.3. The zero-order valence-corrected chi connectivity index (χ0v) is 9.54. The Morgan fingerprint density at radius 2 is 1.92 bits per heavy atom. The Bertz CT molecular complexity index is 83.9. The van der Waals surface area contributed by atoms with Gasteiger partial charge in [-0.1, -0.05) is 33.6 Å². The average Bonchev–Trinajstić information content (AvgIpc) is 2.02. The molecule has 2 heteroatoms. The van der Waals surface area contributed by atoms with Crippen LogP contribution >= 0.6 is 11.8 Å². The predicted octanol–water partition coefficient (Wildman–Crippen LogP) is 2.91. The standard InChI is InChI=1S/C10H23NS/c1-4-5-6-8-12-9-7-11-10(2)3/h10-11H,4-9H2,1-3H3. The van der Waals surface area contributed by atoms with E-state index in [-0.39, 0.29) is 0 Å². The van der Waals surface area contributed by atoms with E-state index >= 15 is 0 Å². The topological polar surface area (TPSA) is 12.0 Å². The Hall–Kier alpha value is 0.310. The molecule has 1 nitrogen and oxygen atoms in total.